The Morgan fingerprint density at radius 2 is 2.25 bits per heavy atom. The quantitative estimate of drug-likeness (QED) is 0.798. The van der Waals surface area contributed by atoms with Crippen molar-refractivity contribution in [1.29, 1.82) is 0 Å². The summed E-state index contributed by atoms with van der Waals surface area (Å²) in [5.41, 5.74) is 0.411. The second-order valence-corrected chi connectivity index (χ2v) is 5.15. The van der Waals surface area contributed by atoms with Crippen LogP contribution < -0.4 is 5.32 Å². The number of anilines is 1. The second kappa shape index (κ2) is 3.63. The third-order valence-electron chi connectivity index (χ3n) is 2.88. The Bertz CT molecular complexity index is 446. The van der Waals surface area contributed by atoms with E-state index < -0.39 is 5.97 Å². The number of aromatic carboxylic acids is 1. The van der Waals surface area contributed by atoms with Crippen molar-refractivity contribution in [2.75, 3.05) is 5.32 Å². The van der Waals surface area contributed by atoms with E-state index in [0.29, 0.717) is 11.9 Å². The number of rotatable bonds is 3. The zero-order valence-corrected chi connectivity index (χ0v) is 9.88. The summed E-state index contributed by atoms with van der Waals surface area (Å²) >= 11 is 5.75. The Balaban J connectivity index is 2.18. The fourth-order valence-corrected chi connectivity index (χ4v) is 1.79. The van der Waals surface area contributed by atoms with Gasteiger partial charge in [-0.2, -0.15) is 0 Å². The number of aromatic nitrogens is 1. The third kappa shape index (κ3) is 2.27. The molecule has 1 aromatic rings. The number of carbonyl (C=O) groups is 1. The zero-order chi connectivity index (χ0) is 11.9. The molecular formula is C11H13ClN2O2. The maximum atomic E-state index is 10.8. The molecule has 1 aliphatic carbocycles. The molecule has 16 heavy (non-hydrogen) atoms. The summed E-state index contributed by atoms with van der Waals surface area (Å²) in [6.45, 7) is 4.29. The summed E-state index contributed by atoms with van der Waals surface area (Å²) in [6, 6.07) is 3.19. The van der Waals surface area contributed by atoms with Crippen molar-refractivity contribution >= 4 is 23.4 Å². The van der Waals surface area contributed by atoms with Gasteiger partial charge in [0.1, 0.15) is 11.0 Å². The second-order valence-electron chi connectivity index (χ2n) is 4.76. The summed E-state index contributed by atoms with van der Waals surface area (Å²) in [6.07, 6.45) is 1.06. The average molecular weight is 241 g/mol. The lowest BCUT2D eigenvalue weighted by Gasteiger charge is -2.08. The standard InChI is InChI=1S/C11H13ClN2O2/c1-11(2)5-7(11)13-9-4-6(10(15)16)3-8(12)14-9/h3-4,7H,5H2,1-2H3,(H,13,14)(H,15,16). The van der Waals surface area contributed by atoms with Crippen molar-refractivity contribution in [2.24, 2.45) is 5.41 Å². The molecule has 1 aliphatic rings. The van der Waals surface area contributed by atoms with E-state index in [9.17, 15) is 4.79 Å². The molecule has 86 valence electrons. The third-order valence-corrected chi connectivity index (χ3v) is 3.07. The van der Waals surface area contributed by atoms with Crippen LogP contribution in [0.4, 0.5) is 5.82 Å². The van der Waals surface area contributed by atoms with Crippen LogP contribution in [-0.4, -0.2) is 22.1 Å². The van der Waals surface area contributed by atoms with Crippen molar-refractivity contribution in [2.45, 2.75) is 26.3 Å². The Morgan fingerprint density at radius 3 is 2.75 bits per heavy atom. The van der Waals surface area contributed by atoms with Gasteiger partial charge in [-0.3, -0.25) is 0 Å². The molecule has 1 unspecified atom stereocenters. The minimum Gasteiger partial charge on any atom is -0.478 e. The smallest absolute Gasteiger partial charge is 0.335 e. The van der Waals surface area contributed by atoms with E-state index in [0.717, 1.165) is 6.42 Å². The molecule has 0 spiro atoms. The number of carboxylic acid groups (broad SMARTS) is 1. The lowest BCUT2D eigenvalue weighted by molar-refractivity contribution is 0.0697. The first kappa shape index (κ1) is 11.2. The van der Waals surface area contributed by atoms with Gasteiger partial charge in [0, 0.05) is 6.04 Å². The summed E-state index contributed by atoms with van der Waals surface area (Å²) < 4.78 is 0. The minimum atomic E-state index is -0.998. The van der Waals surface area contributed by atoms with Gasteiger partial charge in [0.15, 0.2) is 0 Å². The van der Waals surface area contributed by atoms with Gasteiger partial charge in [0.25, 0.3) is 0 Å². The van der Waals surface area contributed by atoms with Crippen molar-refractivity contribution in [3.63, 3.8) is 0 Å². The van der Waals surface area contributed by atoms with E-state index in [1.54, 1.807) is 0 Å². The molecule has 1 aromatic heterocycles. The molecule has 1 heterocycles. The van der Waals surface area contributed by atoms with Gasteiger partial charge in [0.05, 0.1) is 5.56 Å². The van der Waals surface area contributed by atoms with Gasteiger partial charge < -0.3 is 10.4 Å². The molecule has 1 fully saturated rings. The lowest BCUT2D eigenvalue weighted by atomic mass is 10.2. The molecular weight excluding hydrogens is 228 g/mol. The molecule has 4 nitrogen and oxygen atoms in total. The molecule has 1 atom stereocenters. The first-order valence-electron chi connectivity index (χ1n) is 5.06. The lowest BCUT2D eigenvalue weighted by Crippen LogP contribution is -2.10. The number of halogens is 1. The molecule has 0 saturated heterocycles. The van der Waals surface area contributed by atoms with E-state index in [4.69, 9.17) is 16.7 Å². The molecule has 2 rings (SSSR count). The molecule has 0 aliphatic heterocycles. The van der Waals surface area contributed by atoms with Crippen LogP contribution in [0.15, 0.2) is 12.1 Å². The highest BCUT2D eigenvalue weighted by molar-refractivity contribution is 6.29. The van der Waals surface area contributed by atoms with Crippen molar-refractivity contribution in [3.05, 3.63) is 22.8 Å². The molecule has 5 heteroatoms. The summed E-state index contributed by atoms with van der Waals surface area (Å²) in [4.78, 5) is 14.9. The highest BCUT2D eigenvalue weighted by atomic mass is 35.5. The maximum absolute atomic E-state index is 10.8. The Kier molecular flexibility index (Phi) is 2.54. The van der Waals surface area contributed by atoms with Crippen molar-refractivity contribution in [3.8, 4) is 0 Å². The van der Waals surface area contributed by atoms with Crippen LogP contribution in [0.25, 0.3) is 0 Å². The van der Waals surface area contributed by atoms with E-state index in [1.165, 1.54) is 12.1 Å². The van der Waals surface area contributed by atoms with Gasteiger partial charge in [-0.25, -0.2) is 9.78 Å². The summed E-state index contributed by atoms with van der Waals surface area (Å²) in [5.74, 6) is -0.470. The van der Waals surface area contributed by atoms with Crippen LogP contribution in [0.1, 0.15) is 30.6 Å². The van der Waals surface area contributed by atoms with Crippen LogP contribution in [-0.2, 0) is 0 Å². The van der Waals surface area contributed by atoms with Crippen LogP contribution in [0.2, 0.25) is 5.15 Å². The predicted molar refractivity (Wildman–Crippen MR) is 62.0 cm³/mol. The maximum Gasteiger partial charge on any atom is 0.335 e. The average Bonchev–Trinajstić information content (AvgIpc) is 2.72. The molecule has 2 N–H and O–H groups in total. The molecule has 0 aromatic carbocycles. The normalized spacial score (nSPS) is 21.6. The fraction of sp³-hybridized carbons (Fsp3) is 0.455. The summed E-state index contributed by atoms with van der Waals surface area (Å²) in [7, 11) is 0. The number of hydrogen-bond donors (Lipinski definition) is 2. The van der Waals surface area contributed by atoms with E-state index in [2.05, 4.69) is 24.1 Å². The highest BCUT2D eigenvalue weighted by Gasteiger charge is 2.45. The zero-order valence-electron chi connectivity index (χ0n) is 9.12. The Hall–Kier alpha value is -1.29. The van der Waals surface area contributed by atoms with Crippen LogP contribution in [0, 0.1) is 5.41 Å². The first-order valence-corrected chi connectivity index (χ1v) is 5.44. The number of nitrogens with zero attached hydrogens (tertiary/aromatic N) is 1. The van der Waals surface area contributed by atoms with Gasteiger partial charge in [0.2, 0.25) is 0 Å². The molecule has 0 amide bonds. The van der Waals surface area contributed by atoms with Crippen molar-refractivity contribution in [1.82, 2.24) is 4.98 Å². The van der Waals surface area contributed by atoms with Gasteiger partial charge in [-0.15, -0.1) is 0 Å². The SMILES string of the molecule is CC1(C)CC1Nc1cc(C(=O)O)cc(Cl)n1. The van der Waals surface area contributed by atoms with Crippen LogP contribution in [0.5, 0.6) is 0 Å². The molecule has 1 saturated carbocycles. The number of carboxylic acids is 1. The van der Waals surface area contributed by atoms with Gasteiger partial charge in [-0.05, 0) is 24.0 Å². The number of hydrogen-bond acceptors (Lipinski definition) is 3. The predicted octanol–water partition coefficient (Wildman–Crippen LogP) is 2.64. The largest absolute Gasteiger partial charge is 0.478 e. The monoisotopic (exact) mass is 240 g/mol. The van der Waals surface area contributed by atoms with Gasteiger partial charge in [-0.1, -0.05) is 25.4 Å². The summed E-state index contributed by atoms with van der Waals surface area (Å²) in [5, 5.41) is 12.3. The molecule has 0 bridgehead atoms. The number of nitrogens with one attached hydrogen (secondary N) is 1. The van der Waals surface area contributed by atoms with Crippen LogP contribution >= 0.6 is 11.6 Å². The Labute approximate surface area is 98.6 Å². The first-order chi connectivity index (χ1) is 7.38. The number of pyridine rings is 1. The van der Waals surface area contributed by atoms with Gasteiger partial charge >= 0.3 is 5.97 Å². The molecule has 0 radical (unpaired) electrons. The highest BCUT2D eigenvalue weighted by Crippen LogP contribution is 2.46. The van der Waals surface area contributed by atoms with E-state index >= 15 is 0 Å². The van der Waals surface area contributed by atoms with E-state index in [1.807, 2.05) is 0 Å². The van der Waals surface area contributed by atoms with E-state index in [-0.39, 0.29) is 16.1 Å². The topological polar surface area (TPSA) is 62.2 Å². The fourth-order valence-electron chi connectivity index (χ4n) is 1.59. The van der Waals surface area contributed by atoms with Crippen molar-refractivity contribution < 1.29 is 9.90 Å². The minimum absolute atomic E-state index is 0.154. The Morgan fingerprint density at radius 1 is 1.62 bits per heavy atom. The van der Waals surface area contributed by atoms with Crippen LogP contribution in [0.3, 0.4) is 0 Å².